The molecule has 0 aliphatic rings. The number of halogens is 1. The topological polar surface area (TPSA) is 51.8 Å². The lowest BCUT2D eigenvalue weighted by atomic mass is 10.1. The summed E-state index contributed by atoms with van der Waals surface area (Å²) in [5, 5.41) is 0. The van der Waals surface area contributed by atoms with Gasteiger partial charge in [0.25, 0.3) is 0 Å². The zero-order valence-corrected chi connectivity index (χ0v) is 8.02. The predicted octanol–water partition coefficient (Wildman–Crippen LogP) is 1.74. The van der Waals surface area contributed by atoms with Crippen molar-refractivity contribution in [1.82, 2.24) is 9.97 Å². The molecule has 2 aromatic rings. The molecule has 0 fully saturated rings. The highest BCUT2D eigenvalue weighted by Crippen LogP contribution is 2.18. The van der Waals surface area contributed by atoms with E-state index >= 15 is 0 Å². The predicted molar refractivity (Wildman–Crippen MR) is 55.3 cm³/mol. The summed E-state index contributed by atoms with van der Waals surface area (Å²) in [4.78, 5) is 8.01. The second-order valence-electron chi connectivity index (χ2n) is 3.10. The van der Waals surface area contributed by atoms with Crippen LogP contribution in [0.3, 0.4) is 0 Å². The molecular formula is C11H10FN3. The Labute approximate surface area is 86.8 Å². The summed E-state index contributed by atoms with van der Waals surface area (Å²) in [5.41, 5.74) is 7.23. The van der Waals surface area contributed by atoms with Crippen molar-refractivity contribution in [1.29, 1.82) is 0 Å². The minimum Gasteiger partial charge on any atom is -0.326 e. The minimum atomic E-state index is -0.305. The van der Waals surface area contributed by atoms with Crippen LogP contribution in [0.15, 0.2) is 36.8 Å². The molecule has 4 heteroatoms. The fraction of sp³-hybridized carbons (Fsp3) is 0.0909. The second kappa shape index (κ2) is 4.14. The fourth-order valence-corrected chi connectivity index (χ4v) is 1.32. The first-order valence-corrected chi connectivity index (χ1v) is 4.56. The molecule has 0 spiro atoms. The third kappa shape index (κ3) is 1.99. The van der Waals surface area contributed by atoms with Crippen molar-refractivity contribution < 1.29 is 4.39 Å². The number of nitrogens with two attached hydrogens (primary N) is 1. The van der Waals surface area contributed by atoms with Gasteiger partial charge in [-0.15, -0.1) is 0 Å². The first-order chi connectivity index (χ1) is 7.31. The van der Waals surface area contributed by atoms with Gasteiger partial charge in [-0.3, -0.25) is 9.97 Å². The van der Waals surface area contributed by atoms with Crippen LogP contribution in [-0.4, -0.2) is 9.97 Å². The molecule has 2 N–H and O–H groups in total. The SMILES string of the molecule is NCc1ccc(-c2cnccn2)cc1F. The fourth-order valence-electron chi connectivity index (χ4n) is 1.32. The van der Waals surface area contributed by atoms with E-state index in [1.807, 2.05) is 0 Å². The standard InChI is InChI=1S/C11H10FN3/c12-10-5-8(1-2-9(10)6-13)11-7-14-3-4-15-11/h1-5,7H,6,13H2. The first kappa shape index (κ1) is 9.73. The molecule has 15 heavy (non-hydrogen) atoms. The van der Waals surface area contributed by atoms with Crippen LogP contribution >= 0.6 is 0 Å². The van der Waals surface area contributed by atoms with Crippen LogP contribution < -0.4 is 5.73 Å². The number of aromatic nitrogens is 2. The average Bonchev–Trinajstić information content (AvgIpc) is 2.30. The van der Waals surface area contributed by atoms with Crippen molar-refractivity contribution >= 4 is 0 Å². The van der Waals surface area contributed by atoms with Gasteiger partial charge in [0, 0.05) is 30.1 Å². The zero-order valence-electron chi connectivity index (χ0n) is 8.02. The normalized spacial score (nSPS) is 10.3. The number of nitrogens with zero attached hydrogens (tertiary/aromatic N) is 2. The van der Waals surface area contributed by atoms with E-state index in [-0.39, 0.29) is 12.4 Å². The third-order valence-corrected chi connectivity index (χ3v) is 2.13. The average molecular weight is 203 g/mol. The van der Waals surface area contributed by atoms with E-state index in [0.717, 1.165) is 0 Å². The number of hydrogen-bond acceptors (Lipinski definition) is 3. The van der Waals surface area contributed by atoms with Gasteiger partial charge >= 0.3 is 0 Å². The van der Waals surface area contributed by atoms with Gasteiger partial charge in [-0.2, -0.15) is 0 Å². The van der Waals surface area contributed by atoms with Crippen LogP contribution in [0.5, 0.6) is 0 Å². The molecule has 3 nitrogen and oxygen atoms in total. The number of benzene rings is 1. The minimum absolute atomic E-state index is 0.201. The number of hydrogen-bond donors (Lipinski definition) is 1. The maximum absolute atomic E-state index is 13.4. The quantitative estimate of drug-likeness (QED) is 0.808. The van der Waals surface area contributed by atoms with E-state index in [1.54, 1.807) is 30.7 Å². The van der Waals surface area contributed by atoms with Gasteiger partial charge in [-0.1, -0.05) is 12.1 Å². The molecule has 0 atom stereocenters. The van der Waals surface area contributed by atoms with Gasteiger partial charge in [-0.05, 0) is 6.07 Å². The largest absolute Gasteiger partial charge is 0.326 e. The molecule has 0 saturated carbocycles. The summed E-state index contributed by atoms with van der Waals surface area (Å²) in [5.74, 6) is -0.305. The molecule has 1 aromatic carbocycles. The Kier molecular flexibility index (Phi) is 2.69. The summed E-state index contributed by atoms with van der Waals surface area (Å²) < 4.78 is 13.4. The molecule has 0 aliphatic carbocycles. The van der Waals surface area contributed by atoms with Gasteiger partial charge in [0.1, 0.15) is 5.82 Å². The maximum Gasteiger partial charge on any atom is 0.128 e. The van der Waals surface area contributed by atoms with Crippen LogP contribution in [0.2, 0.25) is 0 Å². The Morgan fingerprint density at radius 2 is 2.13 bits per heavy atom. The second-order valence-corrected chi connectivity index (χ2v) is 3.10. The van der Waals surface area contributed by atoms with Gasteiger partial charge in [0.05, 0.1) is 11.9 Å². The van der Waals surface area contributed by atoms with E-state index in [1.165, 1.54) is 6.07 Å². The summed E-state index contributed by atoms with van der Waals surface area (Å²) in [6, 6.07) is 4.88. The molecule has 1 heterocycles. The van der Waals surface area contributed by atoms with Gasteiger partial charge in [0.2, 0.25) is 0 Å². The molecule has 0 bridgehead atoms. The lowest BCUT2D eigenvalue weighted by molar-refractivity contribution is 0.611. The Balaban J connectivity index is 2.43. The molecular weight excluding hydrogens is 193 g/mol. The molecule has 0 amide bonds. The zero-order chi connectivity index (χ0) is 10.7. The Morgan fingerprint density at radius 1 is 1.27 bits per heavy atom. The summed E-state index contributed by atoms with van der Waals surface area (Å²) in [6.45, 7) is 0.201. The lowest BCUT2D eigenvalue weighted by Crippen LogP contribution is -1.99. The highest BCUT2D eigenvalue weighted by molar-refractivity contribution is 5.58. The van der Waals surface area contributed by atoms with Crippen molar-refractivity contribution in [2.45, 2.75) is 6.54 Å². The van der Waals surface area contributed by atoms with Gasteiger partial charge < -0.3 is 5.73 Å². The van der Waals surface area contributed by atoms with E-state index in [0.29, 0.717) is 16.8 Å². The smallest absolute Gasteiger partial charge is 0.128 e. The molecule has 0 aliphatic heterocycles. The Hall–Kier alpha value is -1.81. The maximum atomic E-state index is 13.4. The highest BCUT2D eigenvalue weighted by Gasteiger charge is 2.04. The van der Waals surface area contributed by atoms with E-state index < -0.39 is 0 Å². The molecule has 0 unspecified atom stereocenters. The van der Waals surface area contributed by atoms with Crippen molar-refractivity contribution in [3.8, 4) is 11.3 Å². The summed E-state index contributed by atoms with van der Waals surface area (Å²) >= 11 is 0. The van der Waals surface area contributed by atoms with Crippen LogP contribution in [0.4, 0.5) is 4.39 Å². The molecule has 76 valence electrons. The van der Waals surface area contributed by atoms with Crippen LogP contribution in [0.25, 0.3) is 11.3 Å². The summed E-state index contributed by atoms with van der Waals surface area (Å²) in [6.07, 6.45) is 4.75. The highest BCUT2D eigenvalue weighted by atomic mass is 19.1. The van der Waals surface area contributed by atoms with Crippen molar-refractivity contribution in [2.24, 2.45) is 5.73 Å². The van der Waals surface area contributed by atoms with Crippen LogP contribution in [-0.2, 0) is 6.54 Å². The van der Waals surface area contributed by atoms with Crippen molar-refractivity contribution in [2.75, 3.05) is 0 Å². The van der Waals surface area contributed by atoms with Gasteiger partial charge in [-0.25, -0.2) is 4.39 Å². The Morgan fingerprint density at radius 3 is 2.73 bits per heavy atom. The molecule has 2 rings (SSSR count). The molecule has 0 radical (unpaired) electrons. The van der Waals surface area contributed by atoms with E-state index in [9.17, 15) is 4.39 Å². The van der Waals surface area contributed by atoms with Crippen molar-refractivity contribution in [3.05, 3.63) is 48.2 Å². The lowest BCUT2D eigenvalue weighted by Gasteiger charge is -2.03. The van der Waals surface area contributed by atoms with Gasteiger partial charge in [0.15, 0.2) is 0 Å². The molecule has 1 aromatic heterocycles. The monoisotopic (exact) mass is 203 g/mol. The van der Waals surface area contributed by atoms with E-state index in [4.69, 9.17) is 5.73 Å². The Bertz CT molecular complexity index is 457. The first-order valence-electron chi connectivity index (χ1n) is 4.56. The summed E-state index contributed by atoms with van der Waals surface area (Å²) in [7, 11) is 0. The third-order valence-electron chi connectivity index (χ3n) is 2.13. The van der Waals surface area contributed by atoms with Crippen LogP contribution in [0.1, 0.15) is 5.56 Å². The van der Waals surface area contributed by atoms with Crippen molar-refractivity contribution in [3.63, 3.8) is 0 Å². The van der Waals surface area contributed by atoms with Crippen LogP contribution in [0, 0.1) is 5.82 Å². The number of rotatable bonds is 2. The molecule has 0 saturated heterocycles. The van der Waals surface area contributed by atoms with E-state index in [2.05, 4.69) is 9.97 Å².